The van der Waals surface area contributed by atoms with E-state index in [1.165, 1.54) is 0 Å². The second kappa shape index (κ2) is 14.4. The van der Waals surface area contributed by atoms with Crippen LogP contribution in [0.5, 0.6) is 0 Å². The lowest BCUT2D eigenvalue weighted by Crippen LogP contribution is -2.40. The molecule has 0 atom stereocenters. The zero-order chi connectivity index (χ0) is 15.4. The van der Waals surface area contributed by atoms with Crippen LogP contribution in [0.1, 0.15) is 27.2 Å². The molecule has 2 N–H and O–H groups in total. The van der Waals surface area contributed by atoms with Crippen LogP contribution >= 0.6 is 24.0 Å². The summed E-state index contributed by atoms with van der Waals surface area (Å²) in [5.41, 5.74) is 0. The van der Waals surface area contributed by atoms with Gasteiger partial charge in [-0.25, -0.2) is 4.99 Å². The van der Waals surface area contributed by atoms with Crippen LogP contribution in [0.3, 0.4) is 0 Å². The maximum absolute atomic E-state index is 11.5. The fraction of sp³-hybridized carbons (Fsp3) is 0.857. The molecule has 0 fully saturated rings. The van der Waals surface area contributed by atoms with Gasteiger partial charge in [0.2, 0.25) is 5.91 Å². The van der Waals surface area contributed by atoms with E-state index in [2.05, 4.69) is 29.5 Å². The predicted octanol–water partition coefficient (Wildman–Crippen LogP) is 1.31. The molecule has 0 unspecified atom stereocenters. The number of halogens is 1. The molecule has 0 aliphatic carbocycles. The Morgan fingerprint density at radius 2 is 1.95 bits per heavy atom. The van der Waals surface area contributed by atoms with Gasteiger partial charge in [0.1, 0.15) is 6.54 Å². The molecule has 0 rings (SSSR count). The fourth-order valence-electron chi connectivity index (χ4n) is 1.29. The van der Waals surface area contributed by atoms with Gasteiger partial charge in [0.15, 0.2) is 5.96 Å². The van der Waals surface area contributed by atoms with Crippen LogP contribution in [0.4, 0.5) is 0 Å². The third kappa shape index (κ3) is 14.1. The van der Waals surface area contributed by atoms with Crippen LogP contribution in [-0.4, -0.2) is 63.7 Å². The van der Waals surface area contributed by atoms with Crippen LogP contribution in [0.2, 0.25) is 0 Å². The number of hydrogen-bond donors (Lipinski definition) is 2. The van der Waals surface area contributed by atoms with E-state index in [-0.39, 0.29) is 36.4 Å². The highest BCUT2D eigenvalue weighted by Gasteiger charge is 2.04. The van der Waals surface area contributed by atoms with Crippen molar-refractivity contribution < 1.29 is 9.53 Å². The molecule has 0 aromatic heterocycles. The molecular weight excluding hydrogens is 383 g/mol. The van der Waals surface area contributed by atoms with Crippen molar-refractivity contribution in [1.29, 1.82) is 0 Å². The Bertz CT molecular complexity index is 297. The Kier molecular flexibility index (Phi) is 15.5. The number of hydrogen-bond acceptors (Lipinski definition) is 3. The van der Waals surface area contributed by atoms with Gasteiger partial charge in [-0.1, -0.05) is 13.8 Å². The van der Waals surface area contributed by atoms with Crippen molar-refractivity contribution in [2.75, 3.05) is 46.9 Å². The Morgan fingerprint density at radius 1 is 1.29 bits per heavy atom. The lowest BCUT2D eigenvalue weighted by atomic mass is 10.2. The van der Waals surface area contributed by atoms with E-state index in [1.807, 2.05) is 6.92 Å². The second-order valence-electron chi connectivity index (χ2n) is 5.21. The molecule has 0 saturated carbocycles. The van der Waals surface area contributed by atoms with Crippen molar-refractivity contribution in [2.24, 2.45) is 10.9 Å². The summed E-state index contributed by atoms with van der Waals surface area (Å²) in [4.78, 5) is 17.4. The molecule has 0 heterocycles. The molecule has 0 aliphatic heterocycles. The molecule has 0 saturated heterocycles. The fourth-order valence-corrected chi connectivity index (χ4v) is 1.29. The summed E-state index contributed by atoms with van der Waals surface area (Å²) in [6, 6.07) is 0. The summed E-state index contributed by atoms with van der Waals surface area (Å²) in [5.74, 6) is 1.20. The van der Waals surface area contributed by atoms with Crippen LogP contribution in [0.15, 0.2) is 4.99 Å². The molecule has 0 radical (unpaired) electrons. The third-order valence-electron chi connectivity index (χ3n) is 2.51. The van der Waals surface area contributed by atoms with Crippen LogP contribution in [-0.2, 0) is 9.53 Å². The Labute approximate surface area is 146 Å². The predicted molar refractivity (Wildman–Crippen MR) is 98.4 cm³/mol. The highest BCUT2D eigenvalue weighted by molar-refractivity contribution is 14.0. The van der Waals surface area contributed by atoms with Gasteiger partial charge in [-0.15, -0.1) is 24.0 Å². The quantitative estimate of drug-likeness (QED) is 0.259. The Morgan fingerprint density at radius 3 is 2.48 bits per heavy atom. The average molecular weight is 414 g/mol. The van der Waals surface area contributed by atoms with E-state index in [9.17, 15) is 4.79 Å². The first-order valence-corrected chi connectivity index (χ1v) is 7.27. The van der Waals surface area contributed by atoms with Crippen LogP contribution in [0, 0.1) is 5.92 Å². The molecule has 0 aromatic rings. The number of carbonyl (C=O) groups excluding carboxylic acids is 1. The van der Waals surface area contributed by atoms with Crippen molar-refractivity contribution >= 4 is 35.8 Å². The van der Waals surface area contributed by atoms with E-state index in [0.29, 0.717) is 11.9 Å². The summed E-state index contributed by atoms with van der Waals surface area (Å²) >= 11 is 0. The first-order chi connectivity index (χ1) is 9.47. The average Bonchev–Trinajstić information content (AvgIpc) is 2.39. The first kappa shape index (κ1) is 22.7. The SMILES string of the molecule is CCOCCCNC(=NCC(=O)N(C)C)NCC(C)C.I. The Balaban J connectivity index is 0. The largest absolute Gasteiger partial charge is 0.382 e. The summed E-state index contributed by atoms with van der Waals surface area (Å²) in [6.45, 7) is 9.48. The van der Waals surface area contributed by atoms with Crippen molar-refractivity contribution in [2.45, 2.75) is 27.2 Å². The minimum Gasteiger partial charge on any atom is -0.382 e. The molecular formula is C14H31IN4O2. The van der Waals surface area contributed by atoms with E-state index < -0.39 is 0 Å². The van der Waals surface area contributed by atoms with E-state index >= 15 is 0 Å². The van der Waals surface area contributed by atoms with E-state index in [1.54, 1.807) is 19.0 Å². The maximum Gasteiger partial charge on any atom is 0.243 e. The summed E-state index contributed by atoms with van der Waals surface area (Å²) in [6.07, 6.45) is 0.915. The summed E-state index contributed by atoms with van der Waals surface area (Å²) in [7, 11) is 3.46. The van der Waals surface area contributed by atoms with E-state index in [4.69, 9.17) is 4.74 Å². The minimum absolute atomic E-state index is 0. The van der Waals surface area contributed by atoms with Gasteiger partial charge in [-0.3, -0.25) is 4.79 Å². The van der Waals surface area contributed by atoms with E-state index in [0.717, 1.165) is 32.7 Å². The van der Waals surface area contributed by atoms with Gasteiger partial charge in [0.05, 0.1) is 0 Å². The van der Waals surface area contributed by atoms with Gasteiger partial charge in [0.25, 0.3) is 0 Å². The molecule has 126 valence electrons. The lowest BCUT2D eigenvalue weighted by Gasteiger charge is -2.15. The third-order valence-corrected chi connectivity index (χ3v) is 2.51. The molecule has 1 amide bonds. The van der Waals surface area contributed by atoms with Gasteiger partial charge in [-0.05, 0) is 19.3 Å². The van der Waals surface area contributed by atoms with Crippen molar-refractivity contribution in [3.63, 3.8) is 0 Å². The Hall–Kier alpha value is -0.570. The minimum atomic E-state index is -0.00929. The number of rotatable bonds is 9. The lowest BCUT2D eigenvalue weighted by molar-refractivity contribution is -0.127. The van der Waals surface area contributed by atoms with Crippen LogP contribution < -0.4 is 10.6 Å². The molecule has 0 aliphatic rings. The maximum atomic E-state index is 11.5. The van der Waals surface area contributed by atoms with Crippen molar-refractivity contribution in [1.82, 2.24) is 15.5 Å². The number of carbonyl (C=O) groups is 1. The monoisotopic (exact) mass is 414 g/mol. The number of guanidine groups is 1. The molecule has 7 heteroatoms. The number of nitrogens with one attached hydrogen (secondary N) is 2. The number of ether oxygens (including phenoxy) is 1. The van der Waals surface area contributed by atoms with Crippen molar-refractivity contribution in [3.05, 3.63) is 0 Å². The molecule has 21 heavy (non-hydrogen) atoms. The highest BCUT2D eigenvalue weighted by Crippen LogP contribution is 1.88. The van der Waals surface area contributed by atoms with Gasteiger partial charge >= 0.3 is 0 Å². The standard InChI is InChI=1S/C14H30N4O2.HI/c1-6-20-9-7-8-15-14(16-10-12(2)3)17-11-13(19)18(4)5;/h12H,6-11H2,1-5H3,(H2,15,16,17);1H. The summed E-state index contributed by atoms with van der Waals surface area (Å²) < 4.78 is 5.28. The topological polar surface area (TPSA) is 66.0 Å². The zero-order valence-corrected chi connectivity index (χ0v) is 16.3. The van der Waals surface area contributed by atoms with Crippen molar-refractivity contribution in [3.8, 4) is 0 Å². The molecule has 0 spiro atoms. The normalized spacial score (nSPS) is 11.0. The number of aliphatic imine (C=N–C) groups is 1. The molecule has 0 aromatic carbocycles. The van der Waals surface area contributed by atoms with Gasteiger partial charge in [0, 0.05) is 40.4 Å². The number of likely N-dealkylation sites (N-methyl/N-ethyl adjacent to an activating group) is 1. The number of nitrogens with zero attached hydrogens (tertiary/aromatic N) is 2. The van der Waals surface area contributed by atoms with Gasteiger partial charge in [-0.2, -0.15) is 0 Å². The molecule has 0 bridgehead atoms. The zero-order valence-electron chi connectivity index (χ0n) is 13.9. The molecule has 6 nitrogen and oxygen atoms in total. The summed E-state index contributed by atoms with van der Waals surface area (Å²) in [5, 5.41) is 6.45. The second-order valence-corrected chi connectivity index (χ2v) is 5.21. The van der Waals surface area contributed by atoms with Crippen LogP contribution in [0.25, 0.3) is 0 Å². The van der Waals surface area contributed by atoms with Gasteiger partial charge < -0.3 is 20.3 Å². The first-order valence-electron chi connectivity index (χ1n) is 7.27. The highest BCUT2D eigenvalue weighted by atomic mass is 127. The smallest absolute Gasteiger partial charge is 0.243 e. The number of amides is 1.